The zero-order valence-electron chi connectivity index (χ0n) is 16.8. The van der Waals surface area contributed by atoms with Gasteiger partial charge in [-0.1, -0.05) is 47.7 Å². The highest BCUT2D eigenvalue weighted by atomic mass is 32.1. The number of aromatic nitrogens is 4. The molecular weight excluding hydrogens is 406 g/mol. The van der Waals surface area contributed by atoms with Crippen LogP contribution in [0.3, 0.4) is 0 Å². The standard InChI is InChI=1S/C24H19N5OS/c1-17-20(15-26-29(17)19-9-3-2-4-10-19)23(30)28(16-18-8-7-13-25-14-18)24-27-21-11-5-6-12-22(21)31-24/h2-15H,16H2,1H3. The molecule has 0 saturated heterocycles. The van der Waals surface area contributed by atoms with E-state index in [9.17, 15) is 4.79 Å². The molecule has 0 atom stereocenters. The summed E-state index contributed by atoms with van der Waals surface area (Å²) < 4.78 is 2.83. The molecular formula is C24H19N5OS. The van der Waals surface area contributed by atoms with E-state index in [1.807, 2.05) is 73.7 Å². The van der Waals surface area contributed by atoms with E-state index in [1.54, 1.807) is 28.2 Å². The number of carbonyl (C=O) groups excluding carboxylic acids is 1. The summed E-state index contributed by atoms with van der Waals surface area (Å²) in [6, 6.07) is 21.5. The third kappa shape index (κ3) is 3.71. The number of amides is 1. The second-order valence-corrected chi connectivity index (χ2v) is 8.12. The van der Waals surface area contributed by atoms with Crippen LogP contribution in [0.4, 0.5) is 5.13 Å². The number of benzene rings is 2. The van der Waals surface area contributed by atoms with Gasteiger partial charge >= 0.3 is 0 Å². The lowest BCUT2D eigenvalue weighted by molar-refractivity contribution is 0.0984. The maximum atomic E-state index is 13.7. The second-order valence-electron chi connectivity index (χ2n) is 7.11. The van der Waals surface area contributed by atoms with Crippen molar-refractivity contribution in [1.29, 1.82) is 0 Å². The van der Waals surface area contributed by atoms with Gasteiger partial charge in [-0.25, -0.2) is 9.67 Å². The van der Waals surface area contributed by atoms with Crippen LogP contribution in [0.25, 0.3) is 15.9 Å². The molecule has 2 aromatic carbocycles. The molecule has 1 amide bonds. The number of carbonyl (C=O) groups is 1. The van der Waals surface area contributed by atoms with Crippen molar-refractivity contribution in [2.24, 2.45) is 0 Å². The predicted octanol–water partition coefficient (Wildman–Crippen LogP) is 5.03. The van der Waals surface area contributed by atoms with E-state index in [-0.39, 0.29) is 5.91 Å². The molecule has 0 N–H and O–H groups in total. The Kier molecular flexibility index (Phi) is 5.01. The van der Waals surface area contributed by atoms with Crippen LogP contribution in [-0.4, -0.2) is 25.7 Å². The number of para-hydroxylation sites is 2. The first-order valence-electron chi connectivity index (χ1n) is 9.87. The number of pyridine rings is 1. The fourth-order valence-corrected chi connectivity index (χ4v) is 4.43. The summed E-state index contributed by atoms with van der Waals surface area (Å²) in [6.45, 7) is 2.29. The normalized spacial score (nSPS) is 11.0. The predicted molar refractivity (Wildman–Crippen MR) is 123 cm³/mol. The highest BCUT2D eigenvalue weighted by Crippen LogP contribution is 2.31. The minimum Gasteiger partial charge on any atom is -0.279 e. The molecule has 0 fully saturated rings. The molecule has 5 aromatic rings. The van der Waals surface area contributed by atoms with E-state index >= 15 is 0 Å². The van der Waals surface area contributed by atoms with E-state index in [4.69, 9.17) is 4.98 Å². The van der Waals surface area contributed by atoms with Crippen molar-refractivity contribution in [3.8, 4) is 5.69 Å². The first-order valence-corrected chi connectivity index (χ1v) is 10.7. The number of thiazole rings is 1. The minimum atomic E-state index is -0.136. The molecule has 3 heterocycles. The Morgan fingerprint density at radius 2 is 1.81 bits per heavy atom. The maximum Gasteiger partial charge on any atom is 0.263 e. The number of hydrogen-bond donors (Lipinski definition) is 0. The maximum absolute atomic E-state index is 13.7. The smallest absolute Gasteiger partial charge is 0.263 e. The first-order chi connectivity index (χ1) is 15.2. The summed E-state index contributed by atoms with van der Waals surface area (Å²) >= 11 is 1.50. The van der Waals surface area contributed by atoms with Gasteiger partial charge in [-0.05, 0) is 42.8 Å². The molecule has 152 valence electrons. The molecule has 0 aliphatic heterocycles. The van der Waals surface area contributed by atoms with E-state index in [0.717, 1.165) is 27.2 Å². The molecule has 0 bridgehead atoms. The molecule has 5 rings (SSSR count). The lowest BCUT2D eigenvalue weighted by atomic mass is 10.2. The van der Waals surface area contributed by atoms with Crippen molar-refractivity contribution in [3.05, 3.63) is 102 Å². The van der Waals surface area contributed by atoms with Gasteiger partial charge in [0.15, 0.2) is 5.13 Å². The summed E-state index contributed by atoms with van der Waals surface area (Å²) in [5, 5.41) is 5.13. The van der Waals surface area contributed by atoms with Gasteiger partial charge in [-0.2, -0.15) is 5.10 Å². The number of nitrogens with zero attached hydrogens (tertiary/aromatic N) is 5. The van der Waals surface area contributed by atoms with Gasteiger partial charge < -0.3 is 0 Å². The number of hydrogen-bond acceptors (Lipinski definition) is 5. The molecule has 0 radical (unpaired) electrons. The quantitative estimate of drug-likeness (QED) is 0.396. The summed E-state index contributed by atoms with van der Waals surface area (Å²) in [4.78, 5) is 24.3. The SMILES string of the molecule is Cc1c(C(=O)N(Cc2cccnc2)c2nc3ccccc3s2)cnn1-c1ccccc1. The molecule has 6 nitrogen and oxygen atoms in total. The van der Waals surface area contributed by atoms with Gasteiger partial charge in [0.05, 0.1) is 39.9 Å². The molecule has 0 aliphatic carbocycles. The Balaban J connectivity index is 1.56. The van der Waals surface area contributed by atoms with E-state index in [2.05, 4.69) is 10.1 Å². The summed E-state index contributed by atoms with van der Waals surface area (Å²) in [5.41, 5.74) is 4.06. The first kappa shape index (κ1) is 19.1. The van der Waals surface area contributed by atoms with Gasteiger partial charge in [-0.3, -0.25) is 14.7 Å². The average molecular weight is 426 g/mol. The molecule has 0 spiro atoms. The van der Waals surface area contributed by atoms with E-state index in [0.29, 0.717) is 17.2 Å². The highest BCUT2D eigenvalue weighted by molar-refractivity contribution is 7.22. The van der Waals surface area contributed by atoms with Crippen molar-refractivity contribution in [1.82, 2.24) is 19.7 Å². The molecule has 0 aliphatic rings. The molecule has 0 saturated carbocycles. The fourth-order valence-electron chi connectivity index (χ4n) is 3.47. The summed E-state index contributed by atoms with van der Waals surface area (Å²) in [7, 11) is 0. The Morgan fingerprint density at radius 3 is 2.58 bits per heavy atom. The van der Waals surface area contributed by atoms with E-state index < -0.39 is 0 Å². The Hall–Kier alpha value is -3.84. The van der Waals surface area contributed by atoms with Crippen molar-refractivity contribution in [2.45, 2.75) is 13.5 Å². The van der Waals surface area contributed by atoms with Crippen LogP contribution in [0.2, 0.25) is 0 Å². The van der Waals surface area contributed by atoms with Crippen LogP contribution in [0.5, 0.6) is 0 Å². The van der Waals surface area contributed by atoms with Gasteiger partial charge in [-0.15, -0.1) is 0 Å². The zero-order valence-corrected chi connectivity index (χ0v) is 17.7. The second kappa shape index (κ2) is 8.12. The third-order valence-corrected chi connectivity index (χ3v) is 6.12. The Bertz CT molecular complexity index is 1310. The molecule has 31 heavy (non-hydrogen) atoms. The topological polar surface area (TPSA) is 63.9 Å². The minimum absolute atomic E-state index is 0.136. The van der Waals surface area contributed by atoms with Crippen LogP contribution in [0.1, 0.15) is 21.6 Å². The Labute approximate surface area is 183 Å². The Morgan fingerprint density at radius 1 is 1.00 bits per heavy atom. The number of rotatable bonds is 5. The zero-order chi connectivity index (χ0) is 21.2. The summed E-state index contributed by atoms with van der Waals surface area (Å²) in [6.07, 6.45) is 5.13. The van der Waals surface area contributed by atoms with Gasteiger partial charge in [0.2, 0.25) is 0 Å². The third-order valence-electron chi connectivity index (χ3n) is 5.06. The number of anilines is 1. The monoisotopic (exact) mass is 425 g/mol. The van der Waals surface area contributed by atoms with Gasteiger partial charge in [0.1, 0.15) is 0 Å². The molecule has 3 aromatic heterocycles. The van der Waals surface area contributed by atoms with E-state index in [1.165, 1.54) is 11.3 Å². The van der Waals surface area contributed by atoms with Crippen LogP contribution in [0, 0.1) is 6.92 Å². The van der Waals surface area contributed by atoms with Crippen molar-refractivity contribution >= 4 is 32.6 Å². The molecule has 7 heteroatoms. The largest absolute Gasteiger partial charge is 0.279 e. The van der Waals surface area contributed by atoms with Crippen LogP contribution >= 0.6 is 11.3 Å². The van der Waals surface area contributed by atoms with Gasteiger partial charge in [0.25, 0.3) is 5.91 Å². The average Bonchev–Trinajstić information content (AvgIpc) is 3.42. The lowest BCUT2D eigenvalue weighted by Gasteiger charge is -2.19. The van der Waals surface area contributed by atoms with Crippen LogP contribution < -0.4 is 4.90 Å². The fraction of sp³-hybridized carbons (Fsp3) is 0.0833. The molecule has 0 unspecified atom stereocenters. The van der Waals surface area contributed by atoms with Crippen LogP contribution in [-0.2, 0) is 6.54 Å². The van der Waals surface area contributed by atoms with Crippen molar-refractivity contribution in [2.75, 3.05) is 4.90 Å². The number of fused-ring (bicyclic) bond motifs is 1. The van der Waals surface area contributed by atoms with Crippen molar-refractivity contribution < 1.29 is 4.79 Å². The van der Waals surface area contributed by atoms with Crippen LogP contribution in [0.15, 0.2) is 85.3 Å². The van der Waals surface area contributed by atoms with Gasteiger partial charge in [0, 0.05) is 12.4 Å². The lowest BCUT2D eigenvalue weighted by Crippen LogP contribution is -2.30. The summed E-state index contributed by atoms with van der Waals surface area (Å²) in [5.74, 6) is -0.136. The highest BCUT2D eigenvalue weighted by Gasteiger charge is 2.25. The van der Waals surface area contributed by atoms with Crippen molar-refractivity contribution in [3.63, 3.8) is 0 Å².